The van der Waals surface area contributed by atoms with Crippen molar-refractivity contribution in [2.45, 2.75) is 33.2 Å². The highest BCUT2D eigenvalue weighted by atomic mass is 14.9. The number of nitrogens with one attached hydrogen (secondary N) is 1. The smallest absolute Gasteiger partial charge is 0.0396 e. The molecule has 106 valence electrons. The Labute approximate surface area is 121 Å². The minimum atomic E-state index is 0.204. The minimum absolute atomic E-state index is 0.204. The lowest BCUT2D eigenvalue weighted by Gasteiger charge is -2.20. The van der Waals surface area contributed by atoms with Crippen LogP contribution in [-0.4, -0.2) is 11.5 Å². The number of nitrogen functional groups attached to an aromatic ring is 1. The first-order valence-corrected chi connectivity index (χ1v) is 7.10. The summed E-state index contributed by atoms with van der Waals surface area (Å²) in [5.74, 6) is 0. The summed E-state index contributed by atoms with van der Waals surface area (Å²) in [5, 5.41) is 3.51. The number of rotatable bonds is 5. The van der Waals surface area contributed by atoms with Crippen molar-refractivity contribution in [1.29, 1.82) is 0 Å². The van der Waals surface area contributed by atoms with Crippen LogP contribution in [0.1, 0.15) is 35.2 Å². The molecule has 0 spiro atoms. The topological polar surface area (TPSA) is 50.9 Å². The lowest BCUT2D eigenvalue weighted by Crippen LogP contribution is -2.24. The standard InChI is InChI=1S/C17H23N3/c1-4-20-17(15-11-19-6-5-16(15)18)10-14-8-12(2)7-13(3)9-14/h5-9,11,17,20H,4,10H2,1-3H3,(H2,18,19). The summed E-state index contributed by atoms with van der Waals surface area (Å²) in [7, 11) is 0. The Bertz CT molecular complexity index is 558. The molecule has 1 atom stereocenters. The molecule has 0 aliphatic heterocycles. The van der Waals surface area contributed by atoms with E-state index in [9.17, 15) is 0 Å². The molecule has 20 heavy (non-hydrogen) atoms. The number of nitrogens with zero attached hydrogens (tertiary/aromatic N) is 1. The van der Waals surface area contributed by atoms with Crippen LogP contribution < -0.4 is 11.1 Å². The van der Waals surface area contributed by atoms with Crippen molar-refractivity contribution in [2.75, 3.05) is 12.3 Å². The van der Waals surface area contributed by atoms with Crippen LogP contribution in [0.5, 0.6) is 0 Å². The highest BCUT2D eigenvalue weighted by Gasteiger charge is 2.14. The van der Waals surface area contributed by atoms with Gasteiger partial charge in [0.05, 0.1) is 0 Å². The van der Waals surface area contributed by atoms with Gasteiger partial charge in [-0.3, -0.25) is 4.98 Å². The fraction of sp³-hybridized carbons (Fsp3) is 0.353. The molecule has 0 saturated carbocycles. The second kappa shape index (κ2) is 6.53. The number of likely N-dealkylation sites (N-methyl/N-ethyl adjacent to an activating group) is 1. The molecule has 1 heterocycles. The Kier molecular flexibility index (Phi) is 4.74. The van der Waals surface area contributed by atoms with Gasteiger partial charge < -0.3 is 11.1 Å². The molecule has 0 aliphatic rings. The van der Waals surface area contributed by atoms with Gasteiger partial charge in [-0.2, -0.15) is 0 Å². The monoisotopic (exact) mass is 269 g/mol. The van der Waals surface area contributed by atoms with Crippen molar-refractivity contribution in [2.24, 2.45) is 0 Å². The normalized spacial score (nSPS) is 12.3. The number of benzene rings is 1. The lowest BCUT2D eigenvalue weighted by molar-refractivity contribution is 0.549. The fourth-order valence-corrected chi connectivity index (χ4v) is 2.67. The zero-order valence-electron chi connectivity index (χ0n) is 12.5. The molecule has 0 amide bonds. The molecule has 0 radical (unpaired) electrons. The predicted molar refractivity (Wildman–Crippen MR) is 84.7 cm³/mol. The molecule has 3 heteroatoms. The van der Waals surface area contributed by atoms with E-state index in [-0.39, 0.29) is 6.04 Å². The van der Waals surface area contributed by atoms with E-state index in [0.717, 1.165) is 24.2 Å². The van der Waals surface area contributed by atoms with E-state index in [0.29, 0.717) is 0 Å². The summed E-state index contributed by atoms with van der Waals surface area (Å²) >= 11 is 0. The van der Waals surface area contributed by atoms with Gasteiger partial charge in [-0.25, -0.2) is 0 Å². The van der Waals surface area contributed by atoms with Crippen molar-refractivity contribution in [3.8, 4) is 0 Å². The fourth-order valence-electron chi connectivity index (χ4n) is 2.67. The molecule has 1 aromatic heterocycles. The molecule has 1 aromatic carbocycles. The molecular weight excluding hydrogens is 246 g/mol. The van der Waals surface area contributed by atoms with Crippen LogP contribution in [0.3, 0.4) is 0 Å². The van der Waals surface area contributed by atoms with Crippen molar-refractivity contribution in [3.05, 3.63) is 58.9 Å². The highest BCUT2D eigenvalue weighted by molar-refractivity contribution is 5.47. The van der Waals surface area contributed by atoms with Crippen LogP contribution in [0.4, 0.5) is 5.69 Å². The van der Waals surface area contributed by atoms with E-state index in [1.807, 2.05) is 12.3 Å². The summed E-state index contributed by atoms with van der Waals surface area (Å²) < 4.78 is 0. The first-order chi connectivity index (χ1) is 9.60. The summed E-state index contributed by atoms with van der Waals surface area (Å²) in [6.07, 6.45) is 4.52. The third kappa shape index (κ3) is 3.58. The van der Waals surface area contributed by atoms with Gasteiger partial charge in [0.1, 0.15) is 0 Å². The summed E-state index contributed by atoms with van der Waals surface area (Å²) in [6.45, 7) is 7.29. The molecular formula is C17H23N3. The van der Waals surface area contributed by atoms with Gasteiger partial charge >= 0.3 is 0 Å². The van der Waals surface area contributed by atoms with Gasteiger partial charge in [0.15, 0.2) is 0 Å². The Hall–Kier alpha value is -1.87. The van der Waals surface area contributed by atoms with Crippen LogP contribution in [0, 0.1) is 13.8 Å². The Morgan fingerprint density at radius 2 is 1.90 bits per heavy atom. The number of pyridine rings is 1. The number of aromatic nitrogens is 1. The van der Waals surface area contributed by atoms with Gasteiger partial charge in [-0.05, 0) is 38.4 Å². The number of anilines is 1. The molecule has 3 nitrogen and oxygen atoms in total. The van der Waals surface area contributed by atoms with E-state index in [1.165, 1.54) is 16.7 Å². The Morgan fingerprint density at radius 1 is 1.20 bits per heavy atom. The zero-order chi connectivity index (χ0) is 14.5. The van der Waals surface area contributed by atoms with Gasteiger partial charge in [-0.1, -0.05) is 36.2 Å². The predicted octanol–water partition coefficient (Wildman–Crippen LogP) is 3.17. The van der Waals surface area contributed by atoms with Crippen LogP contribution in [0.25, 0.3) is 0 Å². The average molecular weight is 269 g/mol. The molecule has 0 saturated heterocycles. The van der Waals surface area contributed by atoms with Crippen molar-refractivity contribution >= 4 is 5.69 Å². The van der Waals surface area contributed by atoms with Crippen LogP contribution in [-0.2, 0) is 6.42 Å². The molecule has 0 fully saturated rings. The van der Waals surface area contributed by atoms with Gasteiger partial charge in [-0.15, -0.1) is 0 Å². The molecule has 0 bridgehead atoms. The largest absolute Gasteiger partial charge is 0.398 e. The highest BCUT2D eigenvalue weighted by Crippen LogP contribution is 2.23. The third-order valence-corrected chi connectivity index (χ3v) is 3.43. The molecule has 2 aromatic rings. The maximum Gasteiger partial charge on any atom is 0.0396 e. The molecule has 3 N–H and O–H groups in total. The van der Waals surface area contributed by atoms with Gasteiger partial charge in [0.25, 0.3) is 0 Å². The quantitative estimate of drug-likeness (QED) is 0.876. The summed E-state index contributed by atoms with van der Waals surface area (Å²) in [5.41, 5.74) is 11.9. The number of aryl methyl sites for hydroxylation is 2. The maximum absolute atomic E-state index is 6.09. The van der Waals surface area contributed by atoms with E-state index in [2.05, 4.69) is 49.3 Å². The van der Waals surface area contributed by atoms with E-state index in [1.54, 1.807) is 6.20 Å². The second-order valence-corrected chi connectivity index (χ2v) is 5.31. The molecule has 0 aliphatic carbocycles. The third-order valence-electron chi connectivity index (χ3n) is 3.43. The zero-order valence-corrected chi connectivity index (χ0v) is 12.5. The van der Waals surface area contributed by atoms with Gasteiger partial charge in [0.2, 0.25) is 0 Å². The van der Waals surface area contributed by atoms with Crippen molar-refractivity contribution in [3.63, 3.8) is 0 Å². The van der Waals surface area contributed by atoms with E-state index < -0.39 is 0 Å². The van der Waals surface area contributed by atoms with E-state index >= 15 is 0 Å². The number of hydrogen-bond donors (Lipinski definition) is 2. The Balaban J connectivity index is 2.28. The first-order valence-electron chi connectivity index (χ1n) is 7.10. The maximum atomic E-state index is 6.09. The molecule has 1 unspecified atom stereocenters. The second-order valence-electron chi connectivity index (χ2n) is 5.31. The van der Waals surface area contributed by atoms with Gasteiger partial charge in [0, 0.05) is 29.7 Å². The summed E-state index contributed by atoms with van der Waals surface area (Å²) in [4.78, 5) is 4.21. The molecule has 2 rings (SSSR count). The first kappa shape index (κ1) is 14.5. The Morgan fingerprint density at radius 3 is 2.50 bits per heavy atom. The van der Waals surface area contributed by atoms with Crippen LogP contribution in [0.15, 0.2) is 36.7 Å². The number of hydrogen-bond acceptors (Lipinski definition) is 3. The van der Waals surface area contributed by atoms with Crippen molar-refractivity contribution < 1.29 is 0 Å². The summed E-state index contributed by atoms with van der Waals surface area (Å²) in [6, 6.07) is 8.74. The number of nitrogens with two attached hydrogens (primary N) is 1. The SMILES string of the molecule is CCNC(Cc1cc(C)cc(C)c1)c1cnccc1N. The lowest BCUT2D eigenvalue weighted by atomic mass is 9.96. The van der Waals surface area contributed by atoms with Crippen LogP contribution >= 0.6 is 0 Å². The van der Waals surface area contributed by atoms with Crippen LogP contribution in [0.2, 0.25) is 0 Å². The average Bonchev–Trinajstić information content (AvgIpc) is 2.37. The minimum Gasteiger partial charge on any atom is -0.398 e. The van der Waals surface area contributed by atoms with Crippen molar-refractivity contribution in [1.82, 2.24) is 10.3 Å². The van der Waals surface area contributed by atoms with E-state index in [4.69, 9.17) is 5.73 Å².